The van der Waals surface area contributed by atoms with Gasteiger partial charge in [-0.2, -0.15) is 0 Å². The first kappa shape index (κ1) is 18.0. The van der Waals surface area contributed by atoms with Gasteiger partial charge in [-0.1, -0.05) is 18.2 Å². The topological polar surface area (TPSA) is 72.1 Å². The highest BCUT2D eigenvalue weighted by molar-refractivity contribution is 5.80. The van der Waals surface area contributed by atoms with Gasteiger partial charge in [-0.15, -0.1) is 0 Å². The normalized spacial score (nSPS) is 23.6. The molecule has 2 aliphatic heterocycles. The third-order valence-electron chi connectivity index (χ3n) is 4.98. The van der Waals surface area contributed by atoms with Gasteiger partial charge in [0.05, 0.1) is 24.9 Å². The maximum absolute atomic E-state index is 5.93. The molecule has 2 fully saturated rings. The molecule has 144 valence electrons. The van der Waals surface area contributed by atoms with Gasteiger partial charge in [0.25, 0.3) is 0 Å². The van der Waals surface area contributed by atoms with Crippen molar-refractivity contribution in [3.05, 3.63) is 42.3 Å². The van der Waals surface area contributed by atoms with E-state index in [4.69, 9.17) is 13.9 Å². The molecule has 2 saturated heterocycles. The van der Waals surface area contributed by atoms with Crippen LogP contribution in [-0.4, -0.2) is 61.4 Å². The number of guanidine groups is 1. The predicted octanol–water partition coefficient (Wildman–Crippen LogP) is 2.30. The van der Waals surface area contributed by atoms with Gasteiger partial charge in [0, 0.05) is 32.3 Å². The van der Waals surface area contributed by atoms with Gasteiger partial charge in [0.15, 0.2) is 5.96 Å². The number of hydrogen-bond donors (Lipinski definition) is 1. The van der Waals surface area contributed by atoms with Gasteiger partial charge in [0.1, 0.15) is 12.4 Å². The fourth-order valence-corrected chi connectivity index (χ4v) is 3.59. The summed E-state index contributed by atoms with van der Waals surface area (Å²) in [5.74, 6) is 1.48. The summed E-state index contributed by atoms with van der Waals surface area (Å²) in [5, 5.41) is 3.39. The van der Waals surface area contributed by atoms with Crippen LogP contribution < -0.4 is 5.32 Å². The van der Waals surface area contributed by atoms with Gasteiger partial charge < -0.3 is 24.1 Å². The number of ether oxygens (including phenoxy) is 2. The number of oxazole rings is 1. The minimum absolute atomic E-state index is 0.108. The Labute approximate surface area is 159 Å². The van der Waals surface area contributed by atoms with E-state index in [0.717, 1.165) is 49.8 Å². The minimum atomic E-state index is 0.108. The lowest BCUT2D eigenvalue weighted by atomic mass is 10.1. The highest BCUT2D eigenvalue weighted by Crippen LogP contribution is 2.21. The van der Waals surface area contributed by atoms with E-state index in [1.807, 2.05) is 30.3 Å². The van der Waals surface area contributed by atoms with Crippen molar-refractivity contribution in [2.24, 2.45) is 4.99 Å². The van der Waals surface area contributed by atoms with Gasteiger partial charge >= 0.3 is 0 Å². The average molecular weight is 370 g/mol. The smallest absolute Gasteiger partial charge is 0.226 e. The van der Waals surface area contributed by atoms with Crippen LogP contribution in [0.2, 0.25) is 0 Å². The van der Waals surface area contributed by atoms with Crippen LogP contribution in [0.4, 0.5) is 0 Å². The lowest BCUT2D eigenvalue weighted by Gasteiger charge is -2.37. The molecule has 2 aromatic rings. The van der Waals surface area contributed by atoms with Crippen molar-refractivity contribution < 1.29 is 13.9 Å². The van der Waals surface area contributed by atoms with Crippen LogP contribution in [0.3, 0.4) is 0 Å². The molecule has 0 aliphatic carbocycles. The van der Waals surface area contributed by atoms with Crippen molar-refractivity contribution >= 4 is 5.96 Å². The van der Waals surface area contributed by atoms with Crippen molar-refractivity contribution in [2.75, 3.05) is 33.4 Å². The van der Waals surface area contributed by atoms with Crippen molar-refractivity contribution in [1.29, 1.82) is 0 Å². The van der Waals surface area contributed by atoms with E-state index in [0.29, 0.717) is 19.0 Å². The van der Waals surface area contributed by atoms with Crippen LogP contribution in [0.5, 0.6) is 0 Å². The summed E-state index contributed by atoms with van der Waals surface area (Å²) >= 11 is 0. The molecule has 27 heavy (non-hydrogen) atoms. The van der Waals surface area contributed by atoms with Gasteiger partial charge in [-0.05, 0) is 25.0 Å². The summed E-state index contributed by atoms with van der Waals surface area (Å²) in [6.07, 6.45) is 4.20. The number of aromatic nitrogens is 1. The molecule has 1 N–H and O–H groups in total. The minimum Gasteiger partial charge on any atom is -0.444 e. The molecule has 2 aliphatic rings. The SMILES string of the molecule is CN=C(NCc1coc(-c2ccccc2)n1)N1CCOC(C2CCCO2)C1. The molecule has 2 atom stereocenters. The molecule has 1 aromatic heterocycles. The Morgan fingerprint density at radius 3 is 2.85 bits per heavy atom. The highest BCUT2D eigenvalue weighted by atomic mass is 16.5. The van der Waals surface area contributed by atoms with E-state index in [1.54, 1.807) is 13.3 Å². The lowest BCUT2D eigenvalue weighted by Crippen LogP contribution is -2.53. The van der Waals surface area contributed by atoms with Crippen molar-refractivity contribution in [3.8, 4) is 11.5 Å². The Hall–Kier alpha value is -2.38. The molecule has 0 saturated carbocycles. The van der Waals surface area contributed by atoms with Crippen LogP contribution in [0.15, 0.2) is 46.0 Å². The first-order valence-electron chi connectivity index (χ1n) is 9.52. The molecule has 0 radical (unpaired) electrons. The van der Waals surface area contributed by atoms with Gasteiger partial charge in [-0.3, -0.25) is 4.99 Å². The summed E-state index contributed by atoms with van der Waals surface area (Å²) in [4.78, 5) is 11.2. The number of nitrogens with zero attached hydrogens (tertiary/aromatic N) is 3. The zero-order valence-electron chi connectivity index (χ0n) is 15.6. The van der Waals surface area contributed by atoms with E-state index >= 15 is 0 Å². The lowest BCUT2D eigenvalue weighted by molar-refractivity contribution is -0.0817. The number of nitrogens with one attached hydrogen (secondary N) is 1. The standard InChI is InChI=1S/C20H26N4O3/c1-21-20(24-9-11-26-18(13-24)17-8-5-10-25-17)22-12-16-14-27-19(23-16)15-6-3-2-4-7-15/h2-4,6-7,14,17-18H,5,8-13H2,1H3,(H,21,22). The van der Waals surface area contributed by atoms with Crippen LogP contribution in [0.1, 0.15) is 18.5 Å². The number of hydrogen-bond acceptors (Lipinski definition) is 5. The Morgan fingerprint density at radius 2 is 2.07 bits per heavy atom. The molecule has 7 heteroatoms. The van der Waals surface area contributed by atoms with E-state index in [9.17, 15) is 0 Å². The van der Waals surface area contributed by atoms with Crippen LogP contribution >= 0.6 is 0 Å². The zero-order valence-corrected chi connectivity index (χ0v) is 15.6. The summed E-state index contributed by atoms with van der Waals surface area (Å²) in [7, 11) is 1.80. The number of aliphatic imine (C=N–C) groups is 1. The molecule has 0 amide bonds. The monoisotopic (exact) mass is 370 g/mol. The second-order valence-electron chi connectivity index (χ2n) is 6.82. The summed E-state index contributed by atoms with van der Waals surface area (Å²) < 4.78 is 17.3. The molecular formula is C20H26N4O3. The fraction of sp³-hybridized carbons (Fsp3) is 0.500. The number of rotatable bonds is 4. The highest BCUT2D eigenvalue weighted by Gasteiger charge is 2.32. The first-order valence-corrected chi connectivity index (χ1v) is 9.52. The summed E-state index contributed by atoms with van der Waals surface area (Å²) in [5.41, 5.74) is 1.82. The van der Waals surface area contributed by atoms with E-state index in [1.165, 1.54) is 0 Å². The molecule has 0 spiro atoms. The Balaban J connectivity index is 1.34. The predicted molar refractivity (Wildman–Crippen MR) is 102 cm³/mol. The quantitative estimate of drug-likeness (QED) is 0.658. The second kappa shape index (κ2) is 8.54. The molecule has 1 aromatic carbocycles. The maximum atomic E-state index is 5.93. The van der Waals surface area contributed by atoms with Crippen LogP contribution in [0, 0.1) is 0 Å². The molecule has 0 bridgehead atoms. The molecular weight excluding hydrogens is 344 g/mol. The fourth-order valence-electron chi connectivity index (χ4n) is 3.59. The maximum Gasteiger partial charge on any atom is 0.226 e. The Bertz CT molecular complexity index is 756. The Morgan fingerprint density at radius 1 is 1.22 bits per heavy atom. The second-order valence-corrected chi connectivity index (χ2v) is 6.82. The van der Waals surface area contributed by atoms with Crippen LogP contribution in [0.25, 0.3) is 11.5 Å². The molecule has 7 nitrogen and oxygen atoms in total. The summed E-state index contributed by atoms with van der Waals surface area (Å²) in [6, 6.07) is 9.90. The number of morpholine rings is 1. The average Bonchev–Trinajstić information content (AvgIpc) is 3.42. The van der Waals surface area contributed by atoms with Crippen molar-refractivity contribution in [2.45, 2.75) is 31.6 Å². The zero-order chi connectivity index (χ0) is 18.5. The third kappa shape index (κ3) is 4.31. The van der Waals surface area contributed by atoms with Gasteiger partial charge in [0.2, 0.25) is 5.89 Å². The van der Waals surface area contributed by atoms with Crippen molar-refractivity contribution in [1.82, 2.24) is 15.2 Å². The number of benzene rings is 1. The Kier molecular flexibility index (Phi) is 5.69. The summed E-state index contributed by atoms with van der Waals surface area (Å²) in [6.45, 7) is 3.70. The molecule has 2 unspecified atom stereocenters. The third-order valence-corrected chi connectivity index (χ3v) is 4.98. The largest absolute Gasteiger partial charge is 0.444 e. The molecule has 4 rings (SSSR count). The first-order chi connectivity index (χ1) is 13.3. The van der Waals surface area contributed by atoms with Crippen molar-refractivity contribution in [3.63, 3.8) is 0 Å². The van der Waals surface area contributed by atoms with E-state index < -0.39 is 0 Å². The van der Waals surface area contributed by atoms with Crippen LogP contribution in [-0.2, 0) is 16.0 Å². The van der Waals surface area contributed by atoms with E-state index in [-0.39, 0.29) is 12.2 Å². The molecule has 3 heterocycles. The van der Waals surface area contributed by atoms with Gasteiger partial charge in [-0.25, -0.2) is 4.98 Å². The van der Waals surface area contributed by atoms with E-state index in [2.05, 4.69) is 20.2 Å².